The molecule has 0 saturated carbocycles. The van der Waals surface area contributed by atoms with Crippen LogP contribution < -0.4 is 0 Å². The van der Waals surface area contributed by atoms with Crippen LogP contribution in [0.2, 0.25) is 0 Å². The average molecular weight is 275 g/mol. The highest BCUT2D eigenvalue weighted by molar-refractivity contribution is 5.80. The molecule has 0 spiro atoms. The van der Waals surface area contributed by atoms with Crippen LogP contribution in [0.5, 0.6) is 0 Å². The molecule has 108 valence electrons. The predicted molar refractivity (Wildman–Crippen MR) is 76.5 cm³/mol. The van der Waals surface area contributed by atoms with Gasteiger partial charge in [-0.25, -0.2) is 0 Å². The van der Waals surface area contributed by atoms with Crippen molar-refractivity contribution in [1.29, 1.82) is 0 Å². The van der Waals surface area contributed by atoms with Crippen molar-refractivity contribution in [3.63, 3.8) is 0 Å². The Morgan fingerprint density at radius 2 is 2.00 bits per heavy atom. The lowest BCUT2D eigenvalue weighted by Crippen LogP contribution is -2.43. The van der Waals surface area contributed by atoms with Gasteiger partial charge in [-0.1, -0.05) is 31.2 Å². The van der Waals surface area contributed by atoms with Crippen LogP contribution in [0, 0.1) is 5.92 Å². The second-order valence-corrected chi connectivity index (χ2v) is 5.32. The number of piperidine rings is 1. The predicted octanol–water partition coefficient (Wildman–Crippen LogP) is 2.11. The minimum Gasteiger partial charge on any atom is -0.481 e. The summed E-state index contributed by atoms with van der Waals surface area (Å²) >= 11 is 0. The number of aryl methyl sites for hydroxylation is 1. The number of carbonyl (C=O) groups is 2. The fourth-order valence-electron chi connectivity index (χ4n) is 2.75. The van der Waals surface area contributed by atoms with Crippen LogP contribution in [0.3, 0.4) is 0 Å². The first kappa shape index (κ1) is 14.6. The van der Waals surface area contributed by atoms with E-state index in [0.717, 1.165) is 18.4 Å². The number of amides is 1. The maximum absolute atomic E-state index is 12.3. The Hall–Kier alpha value is -1.84. The molecule has 1 aliphatic heterocycles. The van der Waals surface area contributed by atoms with Gasteiger partial charge in [-0.05, 0) is 30.4 Å². The van der Waals surface area contributed by atoms with Gasteiger partial charge in [-0.3, -0.25) is 9.59 Å². The molecule has 4 nitrogen and oxygen atoms in total. The highest BCUT2D eigenvalue weighted by atomic mass is 16.4. The van der Waals surface area contributed by atoms with E-state index >= 15 is 0 Å². The number of carboxylic acid groups (broad SMARTS) is 1. The number of likely N-dealkylation sites (tertiary alicyclic amines) is 1. The average Bonchev–Trinajstić information content (AvgIpc) is 2.48. The minimum atomic E-state index is -0.795. The number of hydrogen-bond acceptors (Lipinski definition) is 2. The van der Waals surface area contributed by atoms with Crippen LogP contribution in [0.4, 0.5) is 0 Å². The van der Waals surface area contributed by atoms with Gasteiger partial charge in [0.15, 0.2) is 0 Å². The number of carboxylic acids is 1. The van der Waals surface area contributed by atoms with E-state index in [1.165, 1.54) is 5.56 Å². The van der Waals surface area contributed by atoms with Crippen molar-refractivity contribution in [2.75, 3.05) is 13.1 Å². The van der Waals surface area contributed by atoms with Gasteiger partial charge in [0.05, 0.1) is 12.3 Å². The third kappa shape index (κ3) is 3.38. The van der Waals surface area contributed by atoms with Gasteiger partial charge in [-0.15, -0.1) is 0 Å². The second kappa shape index (κ2) is 6.55. The number of aliphatic carboxylic acids is 1. The van der Waals surface area contributed by atoms with Crippen LogP contribution in [-0.4, -0.2) is 35.0 Å². The fourth-order valence-corrected chi connectivity index (χ4v) is 2.75. The summed E-state index contributed by atoms with van der Waals surface area (Å²) in [6.07, 6.45) is 2.72. The molecule has 0 aromatic heterocycles. The first-order valence-electron chi connectivity index (χ1n) is 7.19. The zero-order valence-corrected chi connectivity index (χ0v) is 11.8. The zero-order valence-electron chi connectivity index (χ0n) is 11.8. The van der Waals surface area contributed by atoms with E-state index in [4.69, 9.17) is 5.11 Å². The van der Waals surface area contributed by atoms with E-state index in [1.807, 2.05) is 24.3 Å². The summed E-state index contributed by atoms with van der Waals surface area (Å²) in [6, 6.07) is 7.94. The van der Waals surface area contributed by atoms with Gasteiger partial charge in [0, 0.05) is 13.1 Å². The molecule has 0 bridgehead atoms. The number of rotatable bonds is 4. The minimum absolute atomic E-state index is 0.0388. The van der Waals surface area contributed by atoms with E-state index in [2.05, 4.69) is 6.92 Å². The van der Waals surface area contributed by atoms with E-state index in [1.54, 1.807) is 4.90 Å². The van der Waals surface area contributed by atoms with E-state index in [0.29, 0.717) is 25.9 Å². The monoisotopic (exact) mass is 275 g/mol. The molecule has 1 atom stereocenters. The Morgan fingerprint density at radius 1 is 1.30 bits per heavy atom. The number of hydrogen-bond donors (Lipinski definition) is 1. The number of carbonyl (C=O) groups excluding carboxylic acids is 1. The summed E-state index contributed by atoms with van der Waals surface area (Å²) in [7, 11) is 0. The number of nitrogens with zero attached hydrogens (tertiary/aromatic N) is 1. The number of benzene rings is 1. The van der Waals surface area contributed by atoms with Gasteiger partial charge in [0.25, 0.3) is 0 Å². The molecule has 0 radical (unpaired) electrons. The smallest absolute Gasteiger partial charge is 0.308 e. The van der Waals surface area contributed by atoms with E-state index in [9.17, 15) is 9.59 Å². The molecule has 1 aliphatic rings. The molecule has 1 aromatic carbocycles. The van der Waals surface area contributed by atoms with Crippen molar-refractivity contribution in [1.82, 2.24) is 4.90 Å². The third-order valence-electron chi connectivity index (χ3n) is 3.96. The van der Waals surface area contributed by atoms with Crippen molar-refractivity contribution in [2.24, 2.45) is 5.92 Å². The Balaban J connectivity index is 2.02. The fraction of sp³-hybridized carbons (Fsp3) is 0.500. The quantitative estimate of drug-likeness (QED) is 0.915. The maximum Gasteiger partial charge on any atom is 0.308 e. The summed E-state index contributed by atoms with van der Waals surface area (Å²) in [5.74, 6) is -1.16. The molecule has 1 N–H and O–H groups in total. The van der Waals surface area contributed by atoms with Crippen molar-refractivity contribution >= 4 is 11.9 Å². The molecule has 1 aromatic rings. The van der Waals surface area contributed by atoms with Crippen molar-refractivity contribution in [3.8, 4) is 0 Å². The summed E-state index contributed by atoms with van der Waals surface area (Å²) in [5, 5.41) is 9.07. The van der Waals surface area contributed by atoms with Crippen LogP contribution >= 0.6 is 0 Å². The Kier molecular flexibility index (Phi) is 4.77. The Labute approximate surface area is 119 Å². The van der Waals surface area contributed by atoms with Crippen molar-refractivity contribution < 1.29 is 14.7 Å². The molecule has 20 heavy (non-hydrogen) atoms. The standard InChI is InChI=1S/C16H21NO3/c1-2-12-6-3-4-7-13(12)10-15(18)17-9-5-8-14(11-17)16(19)20/h3-4,6-7,14H,2,5,8-11H2,1H3,(H,19,20). The first-order chi connectivity index (χ1) is 9.61. The van der Waals surface area contributed by atoms with Gasteiger partial charge in [-0.2, -0.15) is 0 Å². The van der Waals surface area contributed by atoms with Gasteiger partial charge in [0.2, 0.25) is 5.91 Å². The molecule has 1 amide bonds. The lowest BCUT2D eigenvalue weighted by Gasteiger charge is -2.31. The summed E-state index contributed by atoms with van der Waals surface area (Å²) < 4.78 is 0. The molecule has 0 aliphatic carbocycles. The highest BCUT2D eigenvalue weighted by Gasteiger charge is 2.28. The maximum atomic E-state index is 12.3. The van der Waals surface area contributed by atoms with Crippen LogP contribution in [0.15, 0.2) is 24.3 Å². The SMILES string of the molecule is CCc1ccccc1CC(=O)N1CCCC(C(=O)O)C1. The highest BCUT2D eigenvalue weighted by Crippen LogP contribution is 2.18. The van der Waals surface area contributed by atoms with Crippen LogP contribution in [0.25, 0.3) is 0 Å². The molecule has 1 saturated heterocycles. The molecular weight excluding hydrogens is 254 g/mol. The molecule has 1 fully saturated rings. The molecule has 1 unspecified atom stereocenters. The topological polar surface area (TPSA) is 57.6 Å². The van der Waals surface area contributed by atoms with Gasteiger partial charge in [0.1, 0.15) is 0 Å². The van der Waals surface area contributed by atoms with Crippen molar-refractivity contribution in [3.05, 3.63) is 35.4 Å². The Morgan fingerprint density at radius 3 is 2.65 bits per heavy atom. The normalized spacial score (nSPS) is 18.9. The second-order valence-electron chi connectivity index (χ2n) is 5.32. The van der Waals surface area contributed by atoms with E-state index in [-0.39, 0.29) is 5.91 Å². The molecular formula is C16H21NO3. The molecule has 4 heteroatoms. The summed E-state index contributed by atoms with van der Waals surface area (Å²) in [5.41, 5.74) is 2.24. The first-order valence-corrected chi connectivity index (χ1v) is 7.19. The van der Waals surface area contributed by atoms with Crippen LogP contribution in [-0.2, 0) is 22.4 Å². The zero-order chi connectivity index (χ0) is 14.5. The lowest BCUT2D eigenvalue weighted by molar-refractivity contribution is -0.145. The van der Waals surface area contributed by atoms with Gasteiger partial charge >= 0.3 is 5.97 Å². The summed E-state index contributed by atoms with van der Waals surface area (Å²) in [6.45, 7) is 3.10. The van der Waals surface area contributed by atoms with Gasteiger partial charge < -0.3 is 10.0 Å². The molecule has 2 rings (SSSR count). The van der Waals surface area contributed by atoms with Crippen LogP contribution in [0.1, 0.15) is 30.9 Å². The lowest BCUT2D eigenvalue weighted by atomic mass is 9.97. The van der Waals surface area contributed by atoms with E-state index < -0.39 is 11.9 Å². The Bertz CT molecular complexity index is 498. The molecule has 1 heterocycles. The summed E-state index contributed by atoms with van der Waals surface area (Å²) in [4.78, 5) is 25.1. The van der Waals surface area contributed by atoms with Crippen molar-refractivity contribution in [2.45, 2.75) is 32.6 Å². The third-order valence-corrected chi connectivity index (χ3v) is 3.96. The largest absolute Gasteiger partial charge is 0.481 e.